The van der Waals surface area contributed by atoms with E-state index >= 15 is 0 Å². The molecule has 108 valence electrons. The number of carbonyl (C=O) groups is 1. The summed E-state index contributed by atoms with van der Waals surface area (Å²) in [6.45, 7) is 0.737. The Morgan fingerprint density at radius 3 is 2.90 bits per heavy atom. The van der Waals surface area contributed by atoms with Crippen molar-refractivity contribution in [2.75, 3.05) is 17.2 Å². The molecule has 0 saturated carbocycles. The van der Waals surface area contributed by atoms with Crippen molar-refractivity contribution in [2.24, 2.45) is 0 Å². The summed E-state index contributed by atoms with van der Waals surface area (Å²) in [6, 6.07) is 7.76. The summed E-state index contributed by atoms with van der Waals surface area (Å²) in [5, 5.41) is 5.46. The van der Waals surface area contributed by atoms with Gasteiger partial charge in [-0.05, 0) is 30.7 Å². The topological polar surface area (TPSA) is 54.0 Å². The molecule has 0 radical (unpaired) electrons. The third-order valence-corrected chi connectivity index (χ3v) is 3.42. The summed E-state index contributed by atoms with van der Waals surface area (Å²) in [5.74, 6) is -4.97. The Bertz CT molecular complexity index is 674. The molecular formula is C15H13F2N3O. The van der Waals surface area contributed by atoms with Gasteiger partial charge < -0.3 is 10.6 Å². The van der Waals surface area contributed by atoms with E-state index in [9.17, 15) is 13.6 Å². The zero-order valence-electron chi connectivity index (χ0n) is 11.1. The van der Waals surface area contributed by atoms with Crippen LogP contribution in [0.2, 0.25) is 0 Å². The van der Waals surface area contributed by atoms with E-state index in [2.05, 4.69) is 15.6 Å². The molecule has 2 heterocycles. The monoisotopic (exact) mass is 289 g/mol. The lowest BCUT2D eigenvalue weighted by Crippen LogP contribution is -2.32. The molecule has 0 unspecified atom stereocenters. The summed E-state index contributed by atoms with van der Waals surface area (Å²) >= 11 is 0. The van der Waals surface area contributed by atoms with Gasteiger partial charge in [-0.25, -0.2) is 0 Å². The van der Waals surface area contributed by atoms with Crippen LogP contribution in [0.5, 0.6) is 0 Å². The average Bonchev–Trinajstić information content (AvgIpc) is 2.97. The van der Waals surface area contributed by atoms with Crippen LogP contribution < -0.4 is 10.6 Å². The summed E-state index contributed by atoms with van der Waals surface area (Å²) < 4.78 is 28.2. The lowest BCUT2D eigenvalue weighted by atomic mass is 10.1. The molecule has 1 aromatic carbocycles. The molecule has 6 heteroatoms. The molecule has 0 fully saturated rings. The molecule has 0 aliphatic carbocycles. The molecule has 0 saturated heterocycles. The molecule has 2 aromatic rings. The van der Waals surface area contributed by atoms with Gasteiger partial charge >= 0.3 is 5.92 Å². The lowest BCUT2D eigenvalue weighted by molar-refractivity contribution is -0.141. The first-order valence-electron chi connectivity index (χ1n) is 6.54. The number of fused-ring (bicyclic) bond motifs is 1. The fourth-order valence-corrected chi connectivity index (χ4v) is 2.34. The predicted octanol–water partition coefficient (Wildman–Crippen LogP) is 2.78. The van der Waals surface area contributed by atoms with E-state index in [1.807, 2.05) is 6.07 Å². The first kappa shape index (κ1) is 13.5. The van der Waals surface area contributed by atoms with Crippen LogP contribution in [0.3, 0.4) is 0 Å². The number of hydrogen-bond donors (Lipinski definition) is 2. The van der Waals surface area contributed by atoms with Crippen LogP contribution in [0.1, 0.15) is 11.1 Å². The second-order valence-corrected chi connectivity index (χ2v) is 4.78. The van der Waals surface area contributed by atoms with Gasteiger partial charge in [-0.3, -0.25) is 9.78 Å². The minimum absolute atomic E-state index is 0.422. The van der Waals surface area contributed by atoms with Crippen molar-refractivity contribution in [3.63, 3.8) is 0 Å². The lowest BCUT2D eigenvalue weighted by Gasteiger charge is -2.17. The molecule has 1 aromatic heterocycles. The number of benzene rings is 1. The Morgan fingerprint density at radius 1 is 1.29 bits per heavy atom. The van der Waals surface area contributed by atoms with E-state index in [-0.39, 0.29) is 0 Å². The van der Waals surface area contributed by atoms with Crippen molar-refractivity contribution >= 4 is 17.3 Å². The van der Waals surface area contributed by atoms with Gasteiger partial charge in [0.25, 0.3) is 5.91 Å². The molecule has 4 nitrogen and oxygen atoms in total. The maximum Gasteiger partial charge on any atom is 0.351 e. The Morgan fingerprint density at radius 2 is 2.14 bits per heavy atom. The van der Waals surface area contributed by atoms with Crippen molar-refractivity contribution in [3.05, 3.63) is 53.9 Å². The van der Waals surface area contributed by atoms with E-state index in [1.54, 1.807) is 12.1 Å². The number of carbonyl (C=O) groups excluding carboxylic acids is 1. The van der Waals surface area contributed by atoms with Gasteiger partial charge in [0, 0.05) is 41.4 Å². The van der Waals surface area contributed by atoms with Crippen molar-refractivity contribution in [2.45, 2.75) is 12.3 Å². The summed E-state index contributed by atoms with van der Waals surface area (Å²) in [7, 11) is 0. The van der Waals surface area contributed by atoms with Crippen LogP contribution in [-0.2, 0) is 17.1 Å². The van der Waals surface area contributed by atoms with Gasteiger partial charge in [0.1, 0.15) is 0 Å². The zero-order chi connectivity index (χ0) is 14.9. The van der Waals surface area contributed by atoms with E-state index < -0.39 is 17.4 Å². The maximum atomic E-state index is 14.1. The van der Waals surface area contributed by atoms with Gasteiger partial charge in [0.2, 0.25) is 0 Å². The van der Waals surface area contributed by atoms with Crippen molar-refractivity contribution in [1.82, 2.24) is 4.98 Å². The zero-order valence-corrected chi connectivity index (χ0v) is 11.1. The number of hydrogen-bond acceptors (Lipinski definition) is 3. The first-order valence-corrected chi connectivity index (χ1v) is 6.54. The van der Waals surface area contributed by atoms with Crippen LogP contribution >= 0.6 is 0 Å². The minimum Gasteiger partial charge on any atom is -0.384 e. The van der Waals surface area contributed by atoms with Gasteiger partial charge in [0.05, 0.1) is 0 Å². The van der Waals surface area contributed by atoms with Gasteiger partial charge in [-0.15, -0.1) is 0 Å². The van der Waals surface area contributed by atoms with Crippen molar-refractivity contribution < 1.29 is 13.6 Å². The summed E-state index contributed by atoms with van der Waals surface area (Å²) in [5.41, 5.74) is 1.73. The molecule has 0 atom stereocenters. The normalized spacial score (nSPS) is 13.4. The third-order valence-electron chi connectivity index (χ3n) is 3.42. The van der Waals surface area contributed by atoms with Crippen LogP contribution in [0.15, 0.2) is 42.7 Å². The smallest absolute Gasteiger partial charge is 0.351 e. The molecular weight excluding hydrogens is 276 g/mol. The number of aromatic nitrogens is 1. The third kappa shape index (κ3) is 2.44. The van der Waals surface area contributed by atoms with Crippen LogP contribution in [0, 0.1) is 0 Å². The van der Waals surface area contributed by atoms with E-state index in [0.29, 0.717) is 12.1 Å². The second kappa shape index (κ2) is 5.12. The molecule has 1 aliphatic heterocycles. The fourth-order valence-electron chi connectivity index (χ4n) is 2.34. The highest BCUT2D eigenvalue weighted by atomic mass is 19.3. The van der Waals surface area contributed by atoms with Gasteiger partial charge in [0.15, 0.2) is 0 Å². The number of amides is 1. The number of nitrogens with zero attached hydrogens (tertiary/aromatic N) is 1. The number of pyridine rings is 1. The van der Waals surface area contributed by atoms with Crippen molar-refractivity contribution in [1.29, 1.82) is 0 Å². The van der Waals surface area contributed by atoms with Gasteiger partial charge in [-0.2, -0.15) is 8.78 Å². The molecule has 1 aliphatic rings. The minimum atomic E-state index is -3.62. The summed E-state index contributed by atoms with van der Waals surface area (Å²) in [4.78, 5) is 15.6. The average molecular weight is 289 g/mol. The quantitative estimate of drug-likeness (QED) is 0.913. The SMILES string of the molecule is O=C(Nc1cccc2c1CCN2)C(F)(F)c1cccnc1. The van der Waals surface area contributed by atoms with E-state index in [1.165, 1.54) is 18.3 Å². The Labute approximate surface area is 120 Å². The largest absolute Gasteiger partial charge is 0.384 e. The molecule has 21 heavy (non-hydrogen) atoms. The molecule has 0 bridgehead atoms. The Balaban J connectivity index is 1.86. The highest BCUT2D eigenvalue weighted by Crippen LogP contribution is 2.32. The predicted molar refractivity (Wildman–Crippen MR) is 75.4 cm³/mol. The molecule has 1 amide bonds. The highest BCUT2D eigenvalue weighted by Gasteiger charge is 2.41. The summed E-state index contributed by atoms with van der Waals surface area (Å²) in [6.07, 6.45) is 3.08. The fraction of sp³-hybridized carbons (Fsp3) is 0.200. The number of halogens is 2. The number of alkyl halides is 2. The highest BCUT2D eigenvalue weighted by molar-refractivity contribution is 5.98. The first-order chi connectivity index (χ1) is 10.1. The van der Waals surface area contributed by atoms with Crippen LogP contribution in [0.4, 0.5) is 20.2 Å². The van der Waals surface area contributed by atoms with Crippen LogP contribution in [-0.4, -0.2) is 17.4 Å². The maximum absolute atomic E-state index is 14.1. The standard InChI is InChI=1S/C15H13F2N3O/c16-15(17,10-3-2-7-18-9-10)14(21)20-13-5-1-4-12-11(13)6-8-19-12/h1-5,7,9,19H,6,8H2,(H,20,21). The van der Waals surface area contributed by atoms with Gasteiger partial charge in [-0.1, -0.05) is 6.07 Å². The van der Waals surface area contributed by atoms with Crippen molar-refractivity contribution in [3.8, 4) is 0 Å². The second-order valence-electron chi connectivity index (χ2n) is 4.78. The van der Waals surface area contributed by atoms with E-state index in [0.717, 1.165) is 24.0 Å². The number of rotatable bonds is 3. The van der Waals surface area contributed by atoms with E-state index in [4.69, 9.17) is 0 Å². The number of nitrogens with one attached hydrogen (secondary N) is 2. The van der Waals surface area contributed by atoms with Crippen LogP contribution in [0.25, 0.3) is 0 Å². The Kier molecular flexibility index (Phi) is 3.29. The number of anilines is 2. The Hall–Kier alpha value is -2.50. The molecule has 0 spiro atoms. The molecule has 3 rings (SSSR count). The molecule has 2 N–H and O–H groups in total.